The van der Waals surface area contributed by atoms with Crippen molar-refractivity contribution in [1.82, 2.24) is 19.0 Å². The molecule has 1 fully saturated rings. The molecule has 0 bridgehead atoms. The zero-order chi connectivity index (χ0) is 16.4. The molecule has 0 saturated carbocycles. The zero-order valence-electron chi connectivity index (χ0n) is 12.9. The molecule has 7 nitrogen and oxygen atoms in total. The summed E-state index contributed by atoms with van der Waals surface area (Å²) in [5, 5.41) is 15.2. The molecule has 0 radical (unpaired) electrons. The van der Waals surface area contributed by atoms with Crippen LogP contribution in [0.2, 0.25) is 0 Å². The van der Waals surface area contributed by atoms with Crippen molar-refractivity contribution in [2.75, 3.05) is 39.3 Å². The van der Waals surface area contributed by atoms with Gasteiger partial charge in [0.15, 0.2) is 0 Å². The van der Waals surface area contributed by atoms with Crippen LogP contribution in [0.1, 0.15) is 0 Å². The van der Waals surface area contributed by atoms with Crippen molar-refractivity contribution >= 4 is 21.4 Å². The Balaban J connectivity index is 1.87. The van der Waals surface area contributed by atoms with Crippen LogP contribution in [0, 0.1) is 0 Å². The van der Waals surface area contributed by atoms with Crippen molar-refractivity contribution in [2.45, 2.75) is 4.90 Å². The van der Waals surface area contributed by atoms with E-state index in [4.69, 9.17) is 5.11 Å². The van der Waals surface area contributed by atoms with E-state index in [0.717, 1.165) is 4.88 Å². The van der Waals surface area contributed by atoms with Gasteiger partial charge < -0.3 is 5.11 Å². The van der Waals surface area contributed by atoms with Gasteiger partial charge in [0.25, 0.3) is 0 Å². The highest BCUT2D eigenvalue weighted by molar-refractivity contribution is 7.89. The first kappa shape index (κ1) is 16.6. The molecule has 0 amide bonds. The monoisotopic (exact) mass is 356 g/mol. The first-order chi connectivity index (χ1) is 11.0. The summed E-state index contributed by atoms with van der Waals surface area (Å²) in [5.41, 5.74) is 0.514. The highest BCUT2D eigenvalue weighted by Crippen LogP contribution is 2.31. The average molecular weight is 356 g/mol. The normalized spacial score (nSPS) is 17.7. The minimum atomic E-state index is -3.57. The first-order valence-corrected chi connectivity index (χ1v) is 9.75. The molecule has 1 aliphatic rings. The third kappa shape index (κ3) is 3.33. The van der Waals surface area contributed by atoms with Gasteiger partial charge in [-0.1, -0.05) is 6.07 Å². The first-order valence-electron chi connectivity index (χ1n) is 7.43. The van der Waals surface area contributed by atoms with Crippen molar-refractivity contribution in [2.24, 2.45) is 7.05 Å². The van der Waals surface area contributed by atoms with Gasteiger partial charge in [0.05, 0.1) is 11.5 Å². The molecule has 9 heteroatoms. The summed E-state index contributed by atoms with van der Waals surface area (Å²) in [5.74, 6) is 0. The third-order valence-electron chi connectivity index (χ3n) is 3.92. The summed E-state index contributed by atoms with van der Waals surface area (Å²) < 4.78 is 29.0. The Morgan fingerprint density at radius 1 is 1.30 bits per heavy atom. The van der Waals surface area contributed by atoms with E-state index in [9.17, 15) is 8.42 Å². The van der Waals surface area contributed by atoms with Crippen molar-refractivity contribution in [1.29, 1.82) is 0 Å². The molecule has 3 rings (SSSR count). The molecule has 2 aromatic heterocycles. The summed E-state index contributed by atoms with van der Waals surface area (Å²) >= 11 is 1.48. The largest absolute Gasteiger partial charge is 0.395 e. The molecule has 0 aromatic carbocycles. The number of nitrogens with zero attached hydrogens (tertiary/aromatic N) is 4. The van der Waals surface area contributed by atoms with Crippen molar-refractivity contribution in [3.8, 4) is 10.6 Å². The van der Waals surface area contributed by atoms with E-state index >= 15 is 0 Å². The second kappa shape index (κ2) is 6.70. The number of aryl methyl sites for hydroxylation is 1. The Bertz CT molecular complexity index is 747. The minimum absolute atomic E-state index is 0.0951. The van der Waals surface area contributed by atoms with Gasteiger partial charge in [0.1, 0.15) is 10.6 Å². The molecule has 0 unspecified atom stereocenters. The molecule has 0 atom stereocenters. The number of piperazine rings is 1. The molecule has 2 aromatic rings. The van der Waals surface area contributed by atoms with Gasteiger partial charge in [-0.25, -0.2) is 8.42 Å². The predicted molar refractivity (Wildman–Crippen MR) is 88.8 cm³/mol. The van der Waals surface area contributed by atoms with Gasteiger partial charge in [-0.2, -0.15) is 9.40 Å². The maximum absolute atomic E-state index is 13.0. The van der Waals surface area contributed by atoms with Crippen molar-refractivity contribution < 1.29 is 13.5 Å². The summed E-state index contributed by atoms with van der Waals surface area (Å²) in [6, 6.07) is 3.77. The maximum Gasteiger partial charge on any atom is 0.246 e. The topological polar surface area (TPSA) is 78.7 Å². The van der Waals surface area contributed by atoms with Gasteiger partial charge in [-0.3, -0.25) is 9.58 Å². The molecule has 0 aliphatic carbocycles. The van der Waals surface area contributed by atoms with Crippen LogP contribution in [0.5, 0.6) is 0 Å². The minimum Gasteiger partial charge on any atom is -0.395 e. The van der Waals surface area contributed by atoms with Gasteiger partial charge >= 0.3 is 0 Å². The number of hydrogen-bond donors (Lipinski definition) is 1. The zero-order valence-corrected chi connectivity index (χ0v) is 14.6. The van der Waals surface area contributed by atoms with E-state index in [-0.39, 0.29) is 11.5 Å². The van der Waals surface area contributed by atoms with Crippen LogP contribution in [0.4, 0.5) is 0 Å². The van der Waals surface area contributed by atoms with Crippen LogP contribution in [-0.2, 0) is 17.1 Å². The Hall–Kier alpha value is -1.26. The van der Waals surface area contributed by atoms with E-state index in [1.165, 1.54) is 15.6 Å². The Morgan fingerprint density at radius 2 is 2.04 bits per heavy atom. The molecule has 0 spiro atoms. The fourth-order valence-corrected chi connectivity index (χ4v) is 5.10. The molecule has 1 N–H and O–H groups in total. The second-order valence-corrected chi connectivity index (χ2v) is 8.32. The highest BCUT2D eigenvalue weighted by atomic mass is 32.2. The van der Waals surface area contributed by atoms with Crippen molar-refractivity contribution in [3.63, 3.8) is 0 Å². The van der Waals surface area contributed by atoms with E-state index in [2.05, 4.69) is 10.00 Å². The number of aliphatic hydroxyl groups is 1. The Kier molecular flexibility index (Phi) is 4.83. The SMILES string of the molecule is Cn1cc(S(=O)(=O)N2CCN(CCO)CC2)c(-c2cccs2)n1. The second-order valence-electron chi connectivity index (χ2n) is 5.46. The van der Waals surface area contributed by atoms with E-state index in [1.54, 1.807) is 17.9 Å². The smallest absolute Gasteiger partial charge is 0.246 e. The number of aliphatic hydroxyl groups excluding tert-OH is 1. The molecule has 23 heavy (non-hydrogen) atoms. The summed E-state index contributed by atoms with van der Waals surface area (Å²) in [7, 11) is -1.84. The molecule has 126 valence electrons. The average Bonchev–Trinajstić information content (AvgIpc) is 3.17. The van der Waals surface area contributed by atoms with Crippen LogP contribution in [-0.4, -0.2) is 71.8 Å². The highest BCUT2D eigenvalue weighted by Gasteiger charge is 2.32. The summed E-state index contributed by atoms with van der Waals surface area (Å²) in [6.07, 6.45) is 1.57. The van der Waals surface area contributed by atoms with Crippen LogP contribution in [0.15, 0.2) is 28.6 Å². The predicted octanol–water partition coefficient (Wildman–Crippen LogP) is 0.447. The third-order valence-corrected chi connectivity index (χ3v) is 6.69. The summed E-state index contributed by atoms with van der Waals surface area (Å²) in [4.78, 5) is 3.18. The molecule has 1 aliphatic heterocycles. The molecular formula is C14H20N4O3S2. The molecule has 1 saturated heterocycles. The number of hydrogen-bond acceptors (Lipinski definition) is 6. The Labute approximate surface area is 139 Å². The lowest BCUT2D eigenvalue weighted by Gasteiger charge is -2.33. The van der Waals surface area contributed by atoms with E-state index in [1.807, 2.05) is 17.5 Å². The van der Waals surface area contributed by atoms with Gasteiger partial charge in [0, 0.05) is 46.0 Å². The Morgan fingerprint density at radius 3 is 2.65 bits per heavy atom. The van der Waals surface area contributed by atoms with Gasteiger partial charge in [-0.05, 0) is 11.4 Å². The standard InChI is InChI=1S/C14H20N4O3S2/c1-16-11-13(14(15-16)12-3-2-10-22-12)23(20,21)18-6-4-17(5-7-18)8-9-19/h2-3,10-11,19H,4-9H2,1H3. The number of rotatable bonds is 5. The fraction of sp³-hybridized carbons (Fsp3) is 0.500. The fourth-order valence-electron chi connectivity index (χ4n) is 2.71. The molecule has 3 heterocycles. The van der Waals surface area contributed by atoms with E-state index < -0.39 is 10.0 Å². The molecular weight excluding hydrogens is 336 g/mol. The summed E-state index contributed by atoms with van der Waals surface area (Å²) in [6.45, 7) is 2.81. The lowest BCUT2D eigenvalue weighted by Crippen LogP contribution is -2.49. The van der Waals surface area contributed by atoms with Crippen molar-refractivity contribution in [3.05, 3.63) is 23.7 Å². The number of β-amino-alcohol motifs (C(OH)–C–C–N with tert-alkyl or cyclic N) is 1. The number of aromatic nitrogens is 2. The number of thiophene rings is 1. The lowest BCUT2D eigenvalue weighted by molar-refractivity contribution is 0.151. The van der Waals surface area contributed by atoms with Crippen LogP contribution in [0.25, 0.3) is 10.6 Å². The number of sulfonamides is 1. The van der Waals surface area contributed by atoms with E-state index in [0.29, 0.717) is 38.4 Å². The van der Waals surface area contributed by atoms with Gasteiger partial charge in [0.2, 0.25) is 10.0 Å². The van der Waals surface area contributed by atoms with Crippen LogP contribution in [0.3, 0.4) is 0 Å². The van der Waals surface area contributed by atoms with Crippen LogP contribution >= 0.6 is 11.3 Å². The quantitative estimate of drug-likeness (QED) is 0.841. The van der Waals surface area contributed by atoms with Crippen LogP contribution < -0.4 is 0 Å². The lowest BCUT2D eigenvalue weighted by atomic mass is 10.3. The van der Waals surface area contributed by atoms with Gasteiger partial charge in [-0.15, -0.1) is 11.3 Å². The maximum atomic E-state index is 13.0.